The molecule has 0 spiro atoms. The molecule has 9 nitrogen and oxygen atoms in total. The maximum Gasteiger partial charge on any atom is 0.163 e. The van der Waals surface area contributed by atoms with Gasteiger partial charge in [0.25, 0.3) is 0 Å². The van der Waals surface area contributed by atoms with Crippen molar-refractivity contribution < 1.29 is 0 Å². The largest absolute Gasteiger partial charge is 0.356 e. The highest BCUT2D eigenvalue weighted by atomic mass is 15.3. The average Bonchev–Trinajstić information content (AvgIpc) is 3.38. The van der Waals surface area contributed by atoms with Crippen LogP contribution >= 0.6 is 0 Å². The molecular formula is C19H25N9. The Labute approximate surface area is 164 Å². The number of rotatable bonds is 3. The molecule has 2 fully saturated rings. The minimum absolute atomic E-state index is 0.842. The number of hydrogen-bond donors (Lipinski definition) is 0. The lowest BCUT2D eigenvalue weighted by Gasteiger charge is -2.36. The van der Waals surface area contributed by atoms with Crippen molar-refractivity contribution in [1.29, 1.82) is 0 Å². The second kappa shape index (κ2) is 6.88. The van der Waals surface area contributed by atoms with Gasteiger partial charge in [0, 0.05) is 52.4 Å². The zero-order valence-corrected chi connectivity index (χ0v) is 16.4. The summed E-state index contributed by atoms with van der Waals surface area (Å²) < 4.78 is 1.79. The molecule has 0 aromatic carbocycles. The summed E-state index contributed by atoms with van der Waals surface area (Å²) in [4.78, 5) is 25.3. The first-order valence-corrected chi connectivity index (χ1v) is 9.92. The summed E-state index contributed by atoms with van der Waals surface area (Å²) in [6.45, 7) is 7.77. The topological polar surface area (TPSA) is 79.1 Å². The Hall–Kier alpha value is -2.97. The van der Waals surface area contributed by atoms with E-state index in [1.54, 1.807) is 11.0 Å². The SMILES string of the molecule is Cc1nc(N2CCCC2)cc(N2CCN(c3ncnc4c3cnn4C)CC2)n1. The first-order valence-electron chi connectivity index (χ1n) is 9.92. The Bertz CT molecular complexity index is 984. The van der Waals surface area contributed by atoms with E-state index in [4.69, 9.17) is 4.98 Å². The van der Waals surface area contributed by atoms with E-state index < -0.39 is 0 Å². The van der Waals surface area contributed by atoms with Gasteiger partial charge < -0.3 is 14.7 Å². The van der Waals surface area contributed by atoms with E-state index in [0.29, 0.717) is 0 Å². The second-order valence-electron chi connectivity index (χ2n) is 7.50. The van der Waals surface area contributed by atoms with Gasteiger partial charge in [-0.3, -0.25) is 4.68 Å². The Morgan fingerprint density at radius 1 is 0.821 bits per heavy atom. The lowest BCUT2D eigenvalue weighted by Crippen LogP contribution is -2.47. The first kappa shape index (κ1) is 17.2. The highest BCUT2D eigenvalue weighted by Crippen LogP contribution is 2.26. The molecule has 9 heteroatoms. The van der Waals surface area contributed by atoms with Crippen LogP contribution in [0.4, 0.5) is 17.5 Å². The fourth-order valence-electron chi connectivity index (χ4n) is 4.16. The first-order chi connectivity index (χ1) is 13.7. The second-order valence-corrected chi connectivity index (χ2v) is 7.50. The lowest BCUT2D eigenvalue weighted by molar-refractivity contribution is 0.641. The summed E-state index contributed by atoms with van der Waals surface area (Å²) in [7, 11) is 1.91. The third-order valence-corrected chi connectivity index (χ3v) is 5.65. The monoisotopic (exact) mass is 379 g/mol. The molecule has 2 saturated heterocycles. The van der Waals surface area contributed by atoms with E-state index >= 15 is 0 Å². The van der Waals surface area contributed by atoms with Crippen LogP contribution in [0.2, 0.25) is 0 Å². The van der Waals surface area contributed by atoms with Crippen molar-refractivity contribution in [2.75, 3.05) is 54.0 Å². The number of hydrogen-bond acceptors (Lipinski definition) is 8. The lowest BCUT2D eigenvalue weighted by atomic mass is 10.2. The van der Waals surface area contributed by atoms with E-state index in [-0.39, 0.29) is 0 Å². The number of aryl methyl sites for hydroxylation is 2. The molecule has 2 aliphatic heterocycles. The van der Waals surface area contributed by atoms with E-state index in [1.807, 2.05) is 20.2 Å². The minimum atomic E-state index is 0.842. The van der Waals surface area contributed by atoms with Gasteiger partial charge in [-0.15, -0.1) is 0 Å². The van der Waals surface area contributed by atoms with Crippen molar-refractivity contribution >= 4 is 28.5 Å². The molecule has 3 aromatic rings. The van der Waals surface area contributed by atoms with Crippen LogP contribution in [-0.4, -0.2) is 69.0 Å². The van der Waals surface area contributed by atoms with Crippen LogP contribution in [0.15, 0.2) is 18.6 Å². The molecular weight excluding hydrogens is 354 g/mol. The van der Waals surface area contributed by atoms with Crippen LogP contribution in [0.25, 0.3) is 11.0 Å². The number of aromatic nitrogens is 6. The molecule has 0 saturated carbocycles. The smallest absolute Gasteiger partial charge is 0.163 e. The molecule has 146 valence electrons. The molecule has 0 aliphatic carbocycles. The average molecular weight is 379 g/mol. The van der Waals surface area contributed by atoms with Crippen molar-refractivity contribution in [1.82, 2.24) is 29.7 Å². The van der Waals surface area contributed by atoms with Gasteiger partial charge in [-0.2, -0.15) is 5.10 Å². The molecule has 0 atom stereocenters. The van der Waals surface area contributed by atoms with Gasteiger partial charge in [0.05, 0.1) is 11.6 Å². The number of fused-ring (bicyclic) bond motifs is 1. The Kier molecular flexibility index (Phi) is 4.22. The molecule has 2 aliphatic rings. The maximum absolute atomic E-state index is 4.71. The Balaban J connectivity index is 1.34. The summed E-state index contributed by atoms with van der Waals surface area (Å²) in [6, 6.07) is 2.15. The summed E-state index contributed by atoms with van der Waals surface area (Å²) in [6.07, 6.45) is 5.98. The molecule has 3 aromatic heterocycles. The third-order valence-electron chi connectivity index (χ3n) is 5.65. The number of nitrogens with zero attached hydrogens (tertiary/aromatic N) is 9. The quantitative estimate of drug-likeness (QED) is 0.676. The predicted molar refractivity (Wildman–Crippen MR) is 109 cm³/mol. The van der Waals surface area contributed by atoms with Crippen LogP contribution in [0.3, 0.4) is 0 Å². The van der Waals surface area contributed by atoms with Crippen LogP contribution in [0, 0.1) is 6.92 Å². The van der Waals surface area contributed by atoms with Gasteiger partial charge in [-0.1, -0.05) is 0 Å². The van der Waals surface area contributed by atoms with E-state index in [2.05, 4.69) is 40.8 Å². The summed E-state index contributed by atoms with van der Waals surface area (Å²) in [5, 5.41) is 5.33. The van der Waals surface area contributed by atoms with Crippen molar-refractivity contribution in [3.8, 4) is 0 Å². The number of anilines is 3. The van der Waals surface area contributed by atoms with Crippen molar-refractivity contribution in [2.24, 2.45) is 7.05 Å². The van der Waals surface area contributed by atoms with Crippen molar-refractivity contribution in [3.05, 3.63) is 24.4 Å². The van der Waals surface area contributed by atoms with Gasteiger partial charge >= 0.3 is 0 Å². The minimum Gasteiger partial charge on any atom is -0.356 e. The fraction of sp³-hybridized carbons (Fsp3) is 0.526. The molecule has 5 rings (SSSR count). The predicted octanol–water partition coefficient (Wildman–Crippen LogP) is 1.39. The zero-order chi connectivity index (χ0) is 19.1. The van der Waals surface area contributed by atoms with Crippen LogP contribution < -0.4 is 14.7 Å². The zero-order valence-electron chi connectivity index (χ0n) is 16.4. The van der Waals surface area contributed by atoms with Crippen molar-refractivity contribution in [2.45, 2.75) is 19.8 Å². The molecule has 0 bridgehead atoms. The maximum atomic E-state index is 4.71. The van der Waals surface area contributed by atoms with Gasteiger partial charge in [0.1, 0.15) is 29.6 Å². The molecule has 28 heavy (non-hydrogen) atoms. The molecule has 5 heterocycles. The van der Waals surface area contributed by atoms with Crippen molar-refractivity contribution in [3.63, 3.8) is 0 Å². The summed E-state index contributed by atoms with van der Waals surface area (Å²) in [5.74, 6) is 3.91. The van der Waals surface area contributed by atoms with E-state index in [0.717, 1.165) is 73.6 Å². The van der Waals surface area contributed by atoms with Crippen LogP contribution in [0.5, 0.6) is 0 Å². The van der Waals surface area contributed by atoms with Crippen LogP contribution in [0.1, 0.15) is 18.7 Å². The van der Waals surface area contributed by atoms with E-state index in [9.17, 15) is 0 Å². The van der Waals surface area contributed by atoms with Gasteiger partial charge in [-0.05, 0) is 19.8 Å². The Morgan fingerprint density at radius 2 is 1.46 bits per heavy atom. The third kappa shape index (κ3) is 3.00. The number of piperazine rings is 1. The van der Waals surface area contributed by atoms with Crippen LogP contribution in [-0.2, 0) is 7.05 Å². The Morgan fingerprint density at radius 3 is 2.18 bits per heavy atom. The summed E-state index contributed by atoms with van der Waals surface area (Å²) >= 11 is 0. The highest BCUT2D eigenvalue weighted by Gasteiger charge is 2.23. The standard InChI is InChI=1S/C19H25N9/c1-14-23-16(26-5-3-4-6-26)11-17(24-14)27-7-9-28(10-8-27)19-15-12-22-25(2)18(15)20-13-21-19/h11-13H,3-10H2,1-2H3. The molecule has 0 amide bonds. The molecule has 0 N–H and O–H groups in total. The summed E-state index contributed by atoms with van der Waals surface area (Å²) in [5.41, 5.74) is 0.870. The van der Waals surface area contributed by atoms with E-state index in [1.165, 1.54) is 12.8 Å². The van der Waals surface area contributed by atoms with Gasteiger partial charge in [0.2, 0.25) is 0 Å². The molecule has 0 radical (unpaired) electrons. The molecule has 0 unspecified atom stereocenters. The van der Waals surface area contributed by atoms with Gasteiger partial charge in [0.15, 0.2) is 5.65 Å². The normalized spacial score (nSPS) is 17.7. The van der Waals surface area contributed by atoms with Gasteiger partial charge in [-0.25, -0.2) is 19.9 Å². The highest BCUT2D eigenvalue weighted by molar-refractivity contribution is 5.86. The fourth-order valence-corrected chi connectivity index (χ4v) is 4.16.